The molecule has 0 bridgehead atoms. The van der Waals surface area contributed by atoms with Crippen molar-refractivity contribution in [3.8, 4) is 11.3 Å². The third-order valence-corrected chi connectivity index (χ3v) is 7.28. The molecule has 6 nitrogen and oxygen atoms in total. The Labute approximate surface area is 164 Å². The van der Waals surface area contributed by atoms with Crippen molar-refractivity contribution in [2.75, 3.05) is 0 Å². The van der Waals surface area contributed by atoms with E-state index in [0.717, 1.165) is 11.3 Å². The standard InChI is InChI=1S/C19H18N2O4S2/c1-9-14-13(10(2)22)17(23)21(14)15(18(24)25)16(9)27-19-20-12(8-26-19)11-6-4-3-5-7-11/h3-10,13-14,22H,1-2H3,(H,24,25)/p-1/t9-,10-,13-,14-/m1/s1. The molecule has 1 N–H and O–H groups in total. The average Bonchev–Trinajstić information content (AvgIpc) is 3.18. The van der Waals surface area contributed by atoms with E-state index in [1.807, 2.05) is 42.6 Å². The summed E-state index contributed by atoms with van der Waals surface area (Å²) >= 11 is 2.69. The molecule has 0 unspecified atom stereocenters. The predicted octanol–water partition coefficient (Wildman–Crippen LogP) is 1.72. The fourth-order valence-electron chi connectivity index (χ4n) is 3.79. The Morgan fingerprint density at radius 1 is 1.37 bits per heavy atom. The number of thiazole rings is 1. The molecule has 1 saturated heterocycles. The maximum Gasteiger partial charge on any atom is 0.235 e. The molecule has 1 aromatic heterocycles. The largest absolute Gasteiger partial charge is 0.543 e. The summed E-state index contributed by atoms with van der Waals surface area (Å²) in [4.78, 5) is 30.5. The molecule has 2 aliphatic rings. The summed E-state index contributed by atoms with van der Waals surface area (Å²) in [5.41, 5.74) is 1.73. The zero-order chi connectivity index (χ0) is 19.3. The number of aliphatic hydroxyl groups is 1. The van der Waals surface area contributed by atoms with Gasteiger partial charge < -0.3 is 19.9 Å². The molecule has 0 saturated carbocycles. The van der Waals surface area contributed by atoms with Crippen LogP contribution >= 0.6 is 23.1 Å². The molecule has 27 heavy (non-hydrogen) atoms. The van der Waals surface area contributed by atoms with E-state index in [9.17, 15) is 19.8 Å². The van der Waals surface area contributed by atoms with Gasteiger partial charge in [0.15, 0.2) is 4.34 Å². The highest BCUT2D eigenvalue weighted by Gasteiger charge is 2.58. The van der Waals surface area contributed by atoms with Crippen LogP contribution in [-0.4, -0.2) is 39.0 Å². The molecule has 4 atom stereocenters. The lowest BCUT2D eigenvalue weighted by molar-refractivity contribution is -0.301. The molecule has 2 aliphatic heterocycles. The van der Waals surface area contributed by atoms with Gasteiger partial charge in [-0.1, -0.05) is 49.0 Å². The average molecular weight is 401 g/mol. The molecule has 0 radical (unpaired) electrons. The number of hydrogen-bond acceptors (Lipinski definition) is 7. The molecule has 4 rings (SSSR count). The molecule has 8 heteroatoms. The summed E-state index contributed by atoms with van der Waals surface area (Å²) in [6, 6.07) is 9.38. The van der Waals surface area contributed by atoms with Gasteiger partial charge in [0.1, 0.15) is 0 Å². The van der Waals surface area contributed by atoms with E-state index in [2.05, 4.69) is 4.98 Å². The van der Waals surface area contributed by atoms with Gasteiger partial charge in [0, 0.05) is 21.8 Å². The van der Waals surface area contributed by atoms with Gasteiger partial charge in [-0.05, 0) is 6.92 Å². The zero-order valence-corrected chi connectivity index (χ0v) is 16.3. The van der Waals surface area contributed by atoms with Crippen LogP contribution in [0.15, 0.2) is 50.7 Å². The maximum absolute atomic E-state index is 12.4. The van der Waals surface area contributed by atoms with Crippen molar-refractivity contribution in [2.24, 2.45) is 11.8 Å². The lowest BCUT2D eigenvalue weighted by Gasteiger charge is -2.47. The van der Waals surface area contributed by atoms with Crippen LogP contribution in [0, 0.1) is 11.8 Å². The van der Waals surface area contributed by atoms with Gasteiger partial charge in [-0.2, -0.15) is 0 Å². The van der Waals surface area contributed by atoms with Crippen LogP contribution in [0.1, 0.15) is 13.8 Å². The van der Waals surface area contributed by atoms with Gasteiger partial charge >= 0.3 is 0 Å². The summed E-state index contributed by atoms with van der Waals surface area (Å²) < 4.78 is 0.706. The lowest BCUT2D eigenvalue weighted by atomic mass is 9.79. The number of amides is 1. The van der Waals surface area contributed by atoms with Crippen molar-refractivity contribution in [2.45, 2.75) is 30.3 Å². The topological polar surface area (TPSA) is 93.6 Å². The number of rotatable bonds is 5. The molecule has 2 aromatic rings. The Kier molecular flexibility index (Phi) is 4.57. The molecule has 140 valence electrons. The molecular formula is C19H17N2O4S2-. The number of aliphatic carboxylic acids is 1. The van der Waals surface area contributed by atoms with Crippen LogP contribution in [-0.2, 0) is 9.59 Å². The summed E-state index contributed by atoms with van der Waals surface area (Å²) in [5, 5.41) is 23.5. The minimum Gasteiger partial charge on any atom is -0.543 e. The Morgan fingerprint density at radius 2 is 2.07 bits per heavy atom. The molecule has 1 amide bonds. The van der Waals surface area contributed by atoms with Gasteiger partial charge in [0.25, 0.3) is 0 Å². The number of fused-ring (bicyclic) bond motifs is 1. The van der Waals surface area contributed by atoms with Crippen LogP contribution < -0.4 is 5.11 Å². The van der Waals surface area contributed by atoms with Crippen molar-refractivity contribution in [1.82, 2.24) is 9.88 Å². The van der Waals surface area contributed by atoms with E-state index in [-0.39, 0.29) is 23.6 Å². The minimum atomic E-state index is -1.37. The normalized spacial score (nSPS) is 25.4. The monoisotopic (exact) mass is 401 g/mol. The number of thioether (sulfide) groups is 1. The second kappa shape index (κ2) is 6.78. The van der Waals surface area contributed by atoms with Crippen LogP contribution in [0.3, 0.4) is 0 Å². The van der Waals surface area contributed by atoms with E-state index in [1.54, 1.807) is 6.92 Å². The fraction of sp³-hybridized carbons (Fsp3) is 0.316. The number of carboxylic acid groups (broad SMARTS) is 1. The number of carboxylic acids is 1. The summed E-state index contributed by atoms with van der Waals surface area (Å²) in [5.74, 6) is -2.52. The molecule has 0 aliphatic carbocycles. The predicted molar refractivity (Wildman–Crippen MR) is 100 cm³/mol. The summed E-state index contributed by atoms with van der Waals surface area (Å²) in [7, 11) is 0. The number of aliphatic hydroxyl groups excluding tert-OH is 1. The number of carbonyl (C=O) groups is 2. The van der Waals surface area contributed by atoms with Crippen molar-refractivity contribution in [3.05, 3.63) is 46.3 Å². The Morgan fingerprint density at radius 3 is 2.70 bits per heavy atom. The fourth-order valence-corrected chi connectivity index (χ4v) is 5.88. The number of carbonyl (C=O) groups excluding carboxylic acids is 2. The van der Waals surface area contributed by atoms with Crippen molar-refractivity contribution in [3.63, 3.8) is 0 Å². The third-order valence-electron chi connectivity index (χ3n) is 5.05. The second-order valence-corrected chi connectivity index (χ2v) is 8.87. The number of β-lactam (4-membered cyclic amide) rings is 1. The van der Waals surface area contributed by atoms with E-state index in [1.165, 1.54) is 28.0 Å². The summed E-state index contributed by atoms with van der Waals surface area (Å²) in [6.45, 7) is 3.44. The molecule has 0 spiro atoms. The Bertz CT molecular complexity index is 938. The van der Waals surface area contributed by atoms with E-state index in [4.69, 9.17) is 0 Å². The summed E-state index contributed by atoms with van der Waals surface area (Å²) in [6.07, 6.45) is -0.821. The van der Waals surface area contributed by atoms with Crippen LogP contribution in [0.25, 0.3) is 11.3 Å². The van der Waals surface area contributed by atoms with Crippen LogP contribution in [0.5, 0.6) is 0 Å². The van der Waals surface area contributed by atoms with E-state index >= 15 is 0 Å². The molecule has 1 aromatic carbocycles. The minimum absolute atomic E-state index is 0.0872. The first-order chi connectivity index (χ1) is 12.9. The van der Waals surface area contributed by atoms with Gasteiger partial charge in [0.05, 0.1) is 35.4 Å². The number of nitrogens with zero attached hydrogens (tertiary/aromatic N) is 2. The van der Waals surface area contributed by atoms with Gasteiger partial charge in [0.2, 0.25) is 5.91 Å². The van der Waals surface area contributed by atoms with Crippen molar-refractivity contribution in [1.29, 1.82) is 0 Å². The number of hydrogen-bond donors (Lipinski definition) is 1. The highest BCUT2D eigenvalue weighted by molar-refractivity contribution is 8.04. The smallest absolute Gasteiger partial charge is 0.235 e. The molecular weight excluding hydrogens is 384 g/mol. The van der Waals surface area contributed by atoms with Crippen LogP contribution in [0.4, 0.5) is 0 Å². The van der Waals surface area contributed by atoms with Gasteiger partial charge in [-0.25, -0.2) is 4.98 Å². The quantitative estimate of drug-likeness (QED) is 0.767. The van der Waals surface area contributed by atoms with E-state index < -0.39 is 18.0 Å². The SMILES string of the molecule is C[C@@H](O)[C@H]1C(=O)N2C(C(=O)[O-])=C(Sc3nc(-c4ccccc4)cs3)[C@H](C)[C@H]12. The molecule has 3 heterocycles. The number of benzene rings is 1. The highest BCUT2D eigenvalue weighted by Crippen LogP contribution is 2.52. The zero-order valence-electron chi connectivity index (χ0n) is 14.7. The van der Waals surface area contributed by atoms with Crippen LogP contribution in [0.2, 0.25) is 0 Å². The van der Waals surface area contributed by atoms with Crippen molar-refractivity contribution < 1.29 is 19.8 Å². The first-order valence-corrected chi connectivity index (χ1v) is 10.2. The third kappa shape index (κ3) is 2.88. The Balaban J connectivity index is 1.64. The highest BCUT2D eigenvalue weighted by atomic mass is 32.2. The van der Waals surface area contributed by atoms with E-state index in [0.29, 0.717) is 9.24 Å². The second-order valence-electron chi connectivity index (χ2n) is 6.72. The van der Waals surface area contributed by atoms with Crippen molar-refractivity contribution >= 4 is 35.0 Å². The first-order valence-electron chi connectivity index (χ1n) is 8.55. The first kappa shape index (κ1) is 18.2. The maximum atomic E-state index is 12.4. The molecule has 1 fully saturated rings. The van der Waals surface area contributed by atoms with Gasteiger partial charge in [-0.3, -0.25) is 4.79 Å². The Hall–Kier alpha value is -2.16. The van der Waals surface area contributed by atoms with Gasteiger partial charge in [-0.15, -0.1) is 11.3 Å². The lowest BCUT2D eigenvalue weighted by Crippen LogP contribution is -2.64. The number of aromatic nitrogens is 1.